The molecule has 0 aromatic heterocycles. The molecule has 1 aromatic rings. The summed E-state index contributed by atoms with van der Waals surface area (Å²) in [5, 5.41) is -0.00378. The highest BCUT2D eigenvalue weighted by atomic mass is 32.2. The van der Waals surface area contributed by atoms with Crippen molar-refractivity contribution in [1.29, 1.82) is 0 Å². The van der Waals surface area contributed by atoms with Crippen LogP contribution in [0.5, 0.6) is 5.75 Å². The summed E-state index contributed by atoms with van der Waals surface area (Å²) < 4.78 is 47.4. The Balaban J connectivity index is 3.31. The molecule has 0 saturated heterocycles. The molecule has 0 N–H and O–H groups in total. The van der Waals surface area contributed by atoms with Gasteiger partial charge in [0, 0.05) is 17.8 Å². The van der Waals surface area contributed by atoms with E-state index in [1.165, 1.54) is 0 Å². The normalized spacial score (nSPS) is 17.4. The third kappa shape index (κ3) is 10.5. The molecule has 1 rings (SSSR count). The second-order valence-corrected chi connectivity index (χ2v) is 17.7. The second-order valence-electron chi connectivity index (χ2n) is 11.3. The number of hydrogen-bond acceptors (Lipinski definition) is 6. The van der Waals surface area contributed by atoms with E-state index in [1.807, 2.05) is 37.3 Å². The average molecular weight is 541 g/mol. The summed E-state index contributed by atoms with van der Waals surface area (Å²) in [5.41, 5.74) is 1.04. The molecule has 1 aromatic carbocycles. The smallest absolute Gasteiger partial charge is 0.264 e. The minimum atomic E-state index is -3.56. The molecule has 0 aliphatic carbocycles. The molecule has 0 saturated carbocycles. The minimum absolute atomic E-state index is 0.00378. The van der Waals surface area contributed by atoms with Crippen molar-refractivity contribution in [2.24, 2.45) is 17.8 Å². The summed E-state index contributed by atoms with van der Waals surface area (Å²) in [7, 11) is -4.09. The van der Waals surface area contributed by atoms with Crippen molar-refractivity contribution in [2.75, 3.05) is 20.0 Å². The topological polar surface area (TPSA) is 71.1 Å². The summed E-state index contributed by atoms with van der Waals surface area (Å²) >= 11 is 0. The van der Waals surface area contributed by atoms with Gasteiger partial charge in [-0.1, -0.05) is 78.5 Å². The molecule has 0 bridgehead atoms. The standard InChI is InChI=1S/C28H48O6SSi/c1-12-13-14-21(2)26(32-20-24-15-17-25(31-8)18-16-24)23(4)27(22(3)19-33-35(9,29)30)34-36(10,11)28(5,6)7/h12-18,21-23,26-27H,1,19-20H2,2-11H3/b14-13-. The summed E-state index contributed by atoms with van der Waals surface area (Å²) in [6.45, 7) is 21.6. The fourth-order valence-corrected chi connectivity index (χ4v) is 5.77. The lowest BCUT2D eigenvalue weighted by Crippen LogP contribution is -2.51. The Labute approximate surface area is 221 Å². The van der Waals surface area contributed by atoms with E-state index in [1.54, 1.807) is 13.2 Å². The molecular weight excluding hydrogens is 492 g/mol. The molecule has 6 nitrogen and oxygen atoms in total. The molecule has 0 aliphatic heterocycles. The van der Waals surface area contributed by atoms with E-state index in [4.69, 9.17) is 18.1 Å². The summed E-state index contributed by atoms with van der Waals surface area (Å²) in [5.74, 6) is 0.671. The Morgan fingerprint density at radius 2 is 1.64 bits per heavy atom. The molecule has 5 unspecified atom stereocenters. The van der Waals surface area contributed by atoms with Gasteiger partial charge in [0.25, 0.3) is 10.1 Å². The van der Waals surface area contributed by atoms with Crippen LogP contribution in [0.25, 0.3) is 0 Å². The van der Waals surface area contributed by atoms with Crippen LogP contribution in [0.3, 0.4) is 0 Å². The van der Waals surface area contributed by atoms with Gasteiger partial charge in [0.05, 0.1) is 38.8 Å². The number of benzene rings is 1. The van der Waals surface area contributed by atoms with Crippen molar-refractivity contribution in [3.63, 3.8) is 0 Å². The zero-order valence-corrected chi connectivity index (χ0v) is 25.7. The lowest BCUT2D eigenvalue weighted by molar-refractivity contribution is -0.0681. The van der Waals surface area contributed by atoms with Gasteiger partial charge in [0.1, 0.15) is 5.75 Å². The highest BCUT2D eigenvalue weighted by molar-refractivity contribution is 7.85. The Morgan fingerprint density at radius 3 is 2.11 bits per heavy atom. The third-order valence-electron chi connectivity index (χ3n) is 7.05. The first kappa shape index (κ1) is 32.6. The van der Waals surface area contributed by atoms with Crippen molar-refractivity contribution in [3.8, 4) is 5.75 Å². The number of rotatable bonds is 15. The fourth-order valence-electron chi connectivity index (χ4n) is 3.83. The lowest BCUT2D eigenvalue weighted by atomic mass is 9.84. The van der Waals surface area contributed by atoms with E-state index in [-0.39, 0.29) is 41.6 Å². The van der Waals surface area contributed by atoms with Gasteiger partial charge in [-0.05, 0) is 35.8 Å². The van der Waals surface area contributed by atoms with Gasteiger partial charge in [-0.25, -0.2) is 0 Å². The second kappa shape index (κ2) is 13.9. The molecule has 0 heterocycles. The minimum Gasteiger partial charge on any atom is -0.497 e. The number of allylic oxidation sites excluding steroid dienone is 2. The number of ether oxygens (including phenoxy) is 2. The van der Waals surface area contributed by atoms with Crippen LogP contribution in [0.2, 0.25) is 18.1 Å². The van der Waals surface area contributed by atoms with E-state index in [0.29, 0.717) is 6.61 Å². The third-order valence-corrected chi connectivity index (χ3v) is 12.1. The Morgan fingerprint density at radius 1 is 1.06 bits per heavy atom. The predicted molar refractivity (Wildman–Crippen MR) is 151 cm³/mol. The van der Waals surface area contributed by atoms with Crippen molar-refractivity contribution in [3.05, 3.63) is 54.6 Å². The first-order chi connectivity index (χ1) is 16.5. The van der Waals surface area contributed by atoms with Crippen LogP contribution >= 0.6 is 0 Å². The van der Waals surface area contributed by atoms with Gasteiger partial charge in [0.2, 0.25) is 0 Å². The van der Waals surface area contributed by atoms with Gasteiger partial charge >= 0.3 is 0 Å². The van der Waals surface area contributed by atoms with Gasteiger partial charge < -0.3 is 13.9 Å². The molecule has 0 spiro atoms. The van der Waals surface area contributed by atoms with E-state index in [9.17, 15) is 8.42 Å². The molecule has 206 valence electrons. The van der Waals surface area contributed by atoms with Crippen molar-refractivity contribution in [1.82, 2.24) is 0 Å². The zero-order valence-electron chi connectivity index (χ0n) is 23.9. The van der Waals surface area contributed by atoms with Gasteiger partial charge in [-0.2, -0.15) is 8.42 Å². The van der Waals surface area contributed by atoms with Crippen molar-refractivity contribution in [2.45, 2.75) is 78.5 Å². The molecule has 8 heteroatoms. The monoisotopic (exact) mass is 540 g/mol. The maximum absolute atomic E-state index is 11.7. The van der Waals surface area contributed by atoms with Crippen LogP contribution in [0.4, 0.5) is 0 Å². The summed E-state index contributed by atoms with van der Waals surface area (Å²) in [4.78, 5) is 0. The maximum atomic E-state index is 11.7. The molecule has 36 heavy (non-hydrogen) atoms. The first-order valence-electron chi connectivity index (χ1n) is 12.6. The van der Waals surface area contributed by atoms with E-state index in [0.717, 1.165) is 17.6 Å². The largest absolute Gasteiger partial charge is 0.497 e. The van der Waals surface area contributed by atoms with Crippen LogP contribution in [0, 0.1) is 17.8 Å². The van der Waals surface area contributed by atoms with E-state index < -0.39 is 18.4 Å². The first-order valence-corrected chi connectivity index (χ1v) is 17.3. The molecule has 5 atom stereocenters. The SMILES string of the molecule is C=C/C=C\C(C)C(OCc1ccc(OC)cc1)C(C)C(O[Si](C)(C)C(C)(C)C)C(C)COS(C)(=O)=O. The highest BCUT2D eigenvalue weighted by Crippen LogP contribution is 2.40. The average Bonchev–Trinajstić information content (AvgIpc) is 2.78. The lowest BCUT2D eigenvalue weighted by Gasteiger charge is -2.44. The van der Waals surface area contributed by atoms with Crippen molar-refractivity contribution < 1.29 is 26.5 Å². The van der Waals surface area contributed by atoms with Gasteiger partial charge in [0.15, 0.2) is 8.32 Å². The predicted octanol–water partition coefficient (Wildman–Crippen LogP) is 6.60. The summed E-state index contributed by atoms with van der Waals surface area (Å²) in [6, 6.07) is 7.84. The maximum Gasteiger partial charge on any atom is 0.264 e. The molecule has 0 amide bonds. The van der Waals surface area contributed by atoms with Gasteiger partial charge in [-0.15, -0.1) is 0 Å². The van der Waals surface area contributed by atoms with E-state index in [2.05, 4.69) is 60.4 Å². The van der Waals surface area contributed by atoms with Crippen LogP contribution < -0.4 is 4.74 Å². The molecular formula is C28H48O6SSi. The Bertz CT molecular complexity index is 934. The van der Waals surface area contributed by atoms with Crippen LogP contribution in [0.1, 0.15) is 47.1 Å². The molecule has 0 fully saturated rings. The van der Waals surface area contributed by atoms with E-state index >= 15 is 0 Å². The zero-order chi connectivity index (χ0) is 27.7. The number of hydrogen-bond donors (Lipinski definition) is 0. The van der Waals surface area contributed by atoms with Gasteiger partial charge in [-0.3, -0.25) is 4.18 Å². The number of methoxy groups -OCH3 is 1. The quantitative estimate of drug-likeness (QED) is 0.142. The van der Waals surface area contributed by atoms with Crippen LogP contribution in [0.15, 0.2) is 49.1 Å². The van der Waals surface area contributed by atoms with Crippen molar-refractivity contribution >= 4 is 18.4 Å². The Kier molecular flexibility index (Phi) is 12.6. The summed E-state index contributed by atoms with van der Waals surface area (Å²) in [6.07, 6.45) is 6.42. The fraction of sp³-hybridized carbons (Fsp3) is 0.643. The molecule has 0 aliphatic rings. The Hall–Kier alpha value is -1.45. The molecule has 0 radical (unpaired) electrons. The van der Waals surface area contributed by atoms with Crippen LogP contribution in [-0.4, -0.2) is 48.9 Å². The highest BCUT2D eigenvalue weighted by Gasteiger charge is 2.43. The van der Waals surface area contributed by atoms with Crippen LogP contribution in [-0.2, 0) is 30.1 Å².